The molecule has 7 heteroatoms. The van der Waals surface area contributed by atoms with Crippen molar-refractivity contribution in [3.8, 4) is 11.5 Å². The number of thioether (sulfide) groups is 1. The average molecular weight is 410 g/mol. The first kappa shape index (κ1) is 17.0. The molecular formula is C18H13Cl2NO2S2. The minimum absolute atomic E-state index is 0.296. The summed E-state index contributed by atoms with van der Waals surface area (Å²) in [4.78, 5) is 5.73. The van der Waals surface area contributed by atoms with Gasteiger partial charge in [0.05, 0.1) is 15.7 Å². The Kier molecular flexibility index (Phi) is 5.08. The molecular weight excluding hydrogens is 397 g/mol. The van der Waals surface area contributed by atoms with Crippen molar-refractivity contribution in [2.75, 3.05) is 6.79 Å². The zero-order chi connectivity index (χ0) is 17.2. The number of thiazole rings is 1. The molecule has 0 bridgehead atoms. The van der Waals surface area contributed by atoms with Gasteiger partial charge in [0.1, 0.15) is 0 Å². The molecule has 0 amide bonds. The largest absolute Gasteiger partial charge is 0.454 e. The summed E-state index contributed by atoms with van der Waals surface area (Å²) >= 11 is 15.5. The molecule has 128 valence electrons. The predicted octanol–water partition coefficient (Wildman–Crippen LogP) is 6.06. The Labute approximate surface area is 163 Å². The first-order valence-corrected chi connectivity index (χ1v) is 10.2. The first-order chi connectivity index (χ1) is 12.2. The van der Waals surface area contributed by atoms with E-state index in [-0.39, 0.29) is 0 Å². The Hall–Kier alpha value is -1.40. The zero-order valence-corrected chi connectivity index (χ0v) is 16.1. The quantitative estimate of drug-likeness (QED) is 0.479. The maximum Gasteiger partial charge on any atom is 0.231 e. The molecule has 0 N–H and O–H groups in total. The van der Waals surface area contributed by atoms with E-state index in [0.717, 1.165) is 39.3 Å². The third-order valence-electron chi connectivity index (χ3n) is 3.66. The van der Waals surface area contributed by atoms with E-state index in [4.69, 9.17) is 37.7 Å². The van der Waals surface area contributed by atoms with Gasteiger partial charge in [0.2, 0.25) is 6.79 Å². The molecule has 3 aromatic rings. The highest BCUT2D eigenvalue weighted by Gasteiger charge is 2.14. The molecule has 25 heavy (non-hydrogen) atoms. The summed E-state index contributed by atoms with van der Waals surface area (Å²) in [5, 5.41) is 4.50. The molecule has 0 saturated heterocycles. The van der Waals surface area contributed by atoms with Crippen LogP contribution in [0.15, 0.2) is 46.7 Å². The van der Waals surface area contributed by atoms with Gasteiger partial charge in [-0.3, -0.25) is 0 Å². The van der Waals surface area contributed by atoms with Gasteiger partial charge in [-0.05, 0) is 35.9 Å². The van der Waals surface area contributed by atoms with Crippen molar-refractivity contribution in [1.82, 2.24) is 4.98 Å². The van der Waals surface area contributed by atoms with Gasteiger partial charge in [0, 0.05) is 27.5 Å². The molecule has 0 fully saturated rings. The van der Waals surface area contributed by atoms with Crippen molar-refractivity contribution in [2.24, 2.45) is 0 Å². The van der Waals surface area contributed by atoms with E-state index in [2.05, 4.69) is 11.4 Å². The zero-order valence-electron chi connectivity index (χ0n) is 13.0. The molecule has 4 rings (SSSR count). The van der Waals surface area contributed by atoms with Crippen molar-refractivity contribution in [3.63, 3.8) is 0 Å². The monoisotopic (exact) mass is 409 g/mol. The second-order valence-corrected chi connectivity index (χ2v) is 8.26. The Morgan fingerprint density at radius 2 is 1.96 bits per heavy atom. The van der Waals surface area contributed by atoms with Gasteiger partial charge in [-0.1, -0.05) is 29.3 Å². The van der Waals surface area contributed by atoms with Crippen LogP contribution in [0.5, 0.6) is 11.5 Å². The molecule has 1 aromatic heterocycles. The molecule has 3 nitrogen and oxygen atoms in total. The summed E-state index contributed by atoms with van der Waals surface area (Å²) in [7, 11) is 0. The van der Waals surface area contributed by atoms with Crippen LogP contribution in [0, 0.1) is 0 Å². The van der Waals surface area contributed by atoms with Gasteiger partial charge in [-0.2, -0.15) is 0 Å². The fourth-order valence-corrected chi connectivity index (χ4v) is 4.78. The van der Waals surface area contributed by atoms with E-state index in [1.54, 1.807) is 29.2 Å². The topological polar surface area (TPSA) is 31.4 Å². The van der Waals surface area contributed by atoms with Crippen LogP contribution in [0.2, 0.25) is 10.0 Å². The summed E-state index contributed by atoms with van der Waals surface area (Å²) < 4.78 is 10.8. The molecule has 2 heterocycles. The SMILES string of the molecule is Clc1ccc(SCc2csc(Cc3ccc4c(c3)OCO4)n2)c(Cl)c1. The van der Waals surface area contributed by atoms with E-state index in [9.17, 15) is 0 Å². The maximum atomic E-state index is 6.21. The van der Waals surface area contributed by atoms with Crippen LogP contribution >= 0.6 is 46.3 Å². The fourth-order valence-electron chi connectivity index (χ4n) is 2.47. The molecule has 0 atom stereocenters. The molecule has 1 aliphatic heterocycles. The normalized spacial score (nSPS) is 12.6. The highest BCUT2D eigenvalue weighted by atomic mass is 35.5. The number of hydrogen-bond acceptors (Lipinski definition) is 5. The van der Waals surface area contributed by atoms with Crippen LogP contribution in [0.1, 0.15) is 16.3 Å². The lowest BCUT2D eigenvalue weighted by molar-refractivity contribution is 0.174. The minimum atomic E-state index is 0.296. The van der Waals surface area contributed by atoms with Crippen molar-refractivity contribution < 1.29 is 9.47 Å². The van der Waals surface area contributed by atoms with Crippen molar-refractivity contribution in [1.29, 1.82) is 0 Å². The number of fused-ring (bicyclic) bond motifs is 1. The summed E-state index contributed by atoms with van der Waals surface area (Å²) in [6.45, 7) is 0.296. The molecule has 0 aliphatic carbocycles. The number of halogens is 2. The first-order valence-electron chi connectivity index (χ1n) is 7.57. The highest BCUT2D eigenvalue weighted by molar-refractivity contribution is 7.98. The van der Waals surface area contributed by atoms with Crippen LogP contribution in [-0.2, 0) is 12.2 Å². The molecule has 0 radical (unpaired) electrons. The van der Waals surface area contributed by atoms with Crippen molar-refractivity contribution >= 4 is 46.3 Å². The van der Waals surface area contributed by atoms with Crippen LogP contribution < -0.4 is 9.47 Å². The molecule has 1 aliphatic rings. The van der Waals surface area contributed by atoms with Gasteiger partial charge in [-0.25, -0.2) is 4.98 Å². The number of ether oxygens (including phenoxy) is 2. The Morgan fingerprint density at radius 3 is 2.84 bits per heavy atom. The molecule has 0 unspecified atom stereocenters. The summed E-state index contributed by atoms with van der Waals surface area (Å²) in [6.07, 6.45) is 0.785. The van der Waals surface area contributed by atoms with Gasteiger partial charge >= 0.3 is 0 Å². The van der Waals surface area contributed by atoms with Gasteiger partial charge in [0.15, 0.2) is 11.5 Å². The number of hydrogen-bond donors (Lipinski definition) is 0. The van der Waals surface area contributed by atoms with E-state index in [1.807, 2.05) is 24.3 Å². The van der Waals surface area contributed by atoms with Crippen molar-refractivity contribution in [2.45, 2.75) is 17.1 Å². The number of aromatic nitrogens is 1. The maximum absolute atomic E-state index is 6.21. The molecule has 0 saturated carbocycles. The van der Waals surface area contributed by atoms with E-state index in [0.29, 0.717) is 16.8 Å². The second-order valence-electron chi connectivity index (χ2n) is 5.46. The smallest absolute Gasteiger partial charge is 0.231 e. The van der Waals surface area contributed by atoms with Gasteiger partial charge < -0.3 is 9.47 Å². The second kappa shape index (κ2) is 7.46. The van der Waals surface area contributed by atoms with Crippen LogP contribution in [0.25, 0.3) is 0 Å². The van der Waals surface area contributed by atoms with E-state index < -0.39 is 0 Å². The third-order valence-corrected chi connectivity index (χ3v) is 6.33. The van der Waals surface area contributed by atoms with Crippen LogP contribution in [-0.4, -0.2) is 11.8 Å². The lowest BCUT2D eigenvalue weighted by Crippen LogP contribution is -1.93. The molecule has 2 aromatic carbocycles. The number of benzene rings is 2. The Bertz CT molecular complexity index is 914. The fraction of sp³-hybridized carbons (Fsp3) is 0.167. The van der Waals surface area contributed by atoms with Gasteiger partial charge in [0.25, 0.3) is 0 Å². The predicted molar refractivity (Wildman–Crippen MR) is 104 cm³/mol. The lowest BCUT2D eigenvalue weighted by atomic mass is 10.1. The Balaban J connectivity index is 1.40. The summed E-state index contributed by atoms with van der Waals surface area (Å²) in [6, 6.07) is 11.6. The highest BCUT2D eigenvalue weighted by Crippen LogP contribution is 2.34. The lowest BCUT2D eigenvalue weighted by Gasteiger charge is -2.03. The average Bonchev–Trinajstić information content (AvgIpc) is 3.23. The van der Waals surface area contributed by atoms with E-state index >= 15 is 0 Å². The molecule has 0 spiro atoms. The number of nitrogens with zero attached hydrogens (tertiary/aromatic N) is 1. The Morgan fingerprint density at radius 1 is 1.08 bits per heavy atom. The number of rotatable bonds is 5. The van der Waals surface area contributed by atoms with E-state index in [1.165, 1.54) is 5.56 Å². The minimum Gasteiger partial charge on any atom is -0.454 e. The van der Waals surface area contributed by atoms with Crippen LogP contribution in [0.3, 0.4) is 0 Å². The van der Waals surface area contributed by atoms with Crippen LogP contribution in [0.4, 0.5) is 0 Å². The third kappa shape index (κ3) is 4.06. The summed E-state index contributed by atoms with van der Waals surface area (Å²) in [5.41, 5.74) is 2.22. The standard InChI is InChI=1S/C18H13Cl2NO2S2/c19-12-2-4-17(14(20)7-12)24-8-13-9-25-18(21-13)6-11-1-3-15-16(5-11)23-10-22-15/h1-5,7,9H,6,8,10H2. The van der Waals surface area contributed by atoms with Crippen molar-refractivity contribution in [3.05, 3.63) is 68.1 Å². The summed E-state index contributed by atoms with van der Waals surface area (Å²) in [5.74, 6) is 2.39. The van der Waals surface area contributed by atoms with Gasteiger partial charge in [-0.15, -0.1) is 23.1 Å².